The second-order valence-corrected chi connectivity index (χ2v) is 6.80. The van der Waals surface area contributed by atoms with Gasteiger partial charge in [-0.1, -0.05) is 41.9 Å². The van der Waals surface area contributed by atoms with Crippen molar-refractivity contribution in [2.24, 2.45) is 5.10 Å². The number of halogens is 1. The van der Waals surface area contributed by atoms with Crippen LogP contribution in [0.4, 0.5) is 0 Å². The number of aryl methyl sites for hydroxylation is 1. The number of nitrogens with zero attached hydrogens (tertiary/aromatic N) is 1. The molecule has 0 bridgehead atoms. The third-order valence-corrected chi connectivity index (χ3v) is 4.57. The first-order valence-corrected chi connectivity index (χ1v) is 9.87. The van der Waals surface area contributed by atoms with E-state index in [0.717, 1.165) is 5.56 Å². The minimum Gasteiger partial charge on any atom is -0.462 e. The molecule has 6 nitrogen and oxygen atoms in total. The fourth-order valence-corrected chi connectivity index (χ4v) is 2.94. The second-order valence-electron chi connectivity index (χ2n) is 6.40. The van der Waals surface area contributed by atoms with Crippen molar-refractivity contribution in [2.45, 2.75) is 19.8 Å². The zero-order valence-corrected chi connectivity index (χ0v) is 17.2. The Balaban J connectivity index is 1.59. The minimum atomic E-state index is -0.490. The number of furan rings is 1. The van der Waals surface area contributed by atoms with Gasteiger partial charge in [0.2, 0.25) is 5.91 Å². The van der Waals surface area contributed by atoms with Crippen LogP contribution in [0.5, 0.6) is 0 Å². The Kier molecular flexibility index (Phi) is 7.40. The quantitative estimate of drug-likeness (QED) is 0.318. The van der Waals surface area contributed by atoms with Gasteiger partial charge >= 0.3 is 5.97 Å². The molecule has 0 spiro atoms. The predicted molar refractivity (Wildman–Crippen MR) is 116 cm³/mol. The number of ether oxygens (including phenoxy) is 1. The lowest BCUT2D eigenvalue weighted by molar-refractivity contribution is -0.121. The maximum atomic E-state index is 12.0. The Hall–Kier alpha value is -3.38. The molecule has 0 unspecified atom stereocenters. The summed E-state index contributed by atoms with van der Waals surface area (Å²) >= 11 is 6.09. The molecule has 0 saturated heterocycles. The van der Waals surface area contributed by atoms with Gasteiger partial charge < -0.3 is 9.15 Å². The topological polar surface area (TPSA) is 80.9 Å². The molecule has 0 fully saturated rings. The fraction of sp³-hybridized carbons (Fsp3) is 0.174. The summed E-state index contributed by atoms with van der Waals surface area (Å²) in [6, 6.07) is 18.2. The van der Waals surface area contributed by atoms with Gasteiger partial charge in [0.25, 0.3) is 0 Å². The Bertz CT molecular complexity index is 1040. The predicted octanol–water partition coefficient (Wildman–Crippen LogP) is 4.86. The highest BCUT2D eigenvalue weighted by molar-refractivity contribution is 6.33. The Labute approximate surface area is 179 Å². The molecule has 0 atom stereocenters. The van der Waals surface area contributed by atoms with Crippen molar-refractivity contribution in [3.05, 3.63) is 82.6 Å². The van der Waals surface area contributed by atoms with Gasteiger partial charge in [-0.2, -0.15) is 5.10 Å². The van der Waals surface area contributed by atoms with Crippen LogP contribution >= 0.6 is 11.6 Å². The molecule has 2 aromatic carbocycles. The summed E-state index contributed by atoms with van der Waals surface area (Å²) < 4.78 is 10.7. The lowest BCUT2D eigenvalue weighted by Crippen LogP contribution is -2.17. The van der Waals surface area contributed by atoms with Crippen LogP contribution in [0.25, 0.3) is 11.3 Å². The molecule has 3 rings (SSSR count). The van der Waals surface area contributed by atoms with Crippen molar-refractivity contribution < 1.29 is 18.7 Å². The lowest BCUT2D eigenvalue weighted by Gasteiger charge is -2.05. The average Bonchev–Trinajstić information content (AvgIpc) is 3.22. The highest BCUT2D eigenvalue weighted by Gasteiger charge is 2.14. The molecule has 30 heavy (non-hydrogen) atoms. The van der Waals surface area contributed by atoms with E-state index in [1.54, 1.807) is 37.3 Å². The van der Waals surface area contributed by atoms with Gasteiger partial charge in [-0.15, -0.1) is 0 Å². The number of rotatable bonds is 8. The van der Waals surface area contributed by atoms with Crippen LogP contribution in [0.3, 0.4) is 0 Å². The second kappa shape index (κ2) is 10.4. The minimum absolute atomic E-state index is 0.182. The molecule has 0 radical (unpaired) electrons. The molecular formula is C23H21ClN2O4. The third kappa shape index (κ3) is 5.81. The first-order valence-electron chi connectivity index (χ1n) is 9.49. The van der Waals surface area contributed by atoms with Crippen LogP contribution in [-0.2, 0) is 16.0 Å². The number of carbonyl (C=O) groups excluding carboxylic acids is 2. The highest BCUT2D eigenvalue weighted by Crippen LogP contribution is 2.27. The van der Waals surface area contributed by atoms with E-state index in [2.05, 4.69) is 10.5 Å². The third-order valence-electron chi connectivity index (χ3n) is 4.24. The summed E-state index contributed by atoms with van der Waals surface area (Å²) in [5, 5.41) is 4.24. The molecule has 1 aromatic heterocycles. The first kappa shape index (κ1) is 21.3. The number of nitrogens with one attached hydrogen (secondary N) is 1. The summed E-state index contributed by atoms with van der Waals surface area (Å²) in [5.74, 6) is 0.324. The SMILES string of the molecule is CCOC(=O)c1cc(-c2ccc(/C=N\NC(=O)CCc3ccccc3)o2)ccc1Cl. The number of hydrogen-bond acceptors (Lipinski definition) is 5. The zero-order chi connectivity index (χ0) is 21.3. The van der Waals surface area contributed by atoms with Crippen molar-refractivity contribution in [1.29, 1.82) is 0 Å². The molecule has 0 saturated carbocycles. The Morgan fingerprint density at radius 3 is 2.70 bits per heavy atom. The van der Waals surface area contributed by atoms with Gasteiger partial charge in [-0.3, -0.25) is 4.79 Å². The summed E-state index contributed by atoms with van der Waals surface area (Å²) in [7, 11) is 0. The Morgan fingerprint density at radius 1 is 1.13 bits per heavy atom. The zero-order valence-electron chi connectivity index (χ0n) is 16.4. The molecule has 0 aliphatic heterocycles. The number of hydrogen-bond donors (Lipinski definition) is 1. The van der Waals surface area contributed by atoms with Crippen LogP contribution in [0.1, 0.15) is 35.0 Å². The van der Waals surface area contributed by atoms with E-state index in [1.807, 2.05) is 30.3 Å². The monoisotopic (exact) mass is 424 g/mol. The van der Waals surface area contributed by atoms with Crippen molar-refractivity contribution >= 4 is 29.7 Å². The normalized spacial score (nSPS) is 10.9. The van der Waals surface area contributed by atoms with Crippen LogP contribution < -0.4 is 5.43 Å². The molecule has 0 aliphatic carbocycles. The first-order chi connectivity index (χ1) is 14.6. The van der Waals surface area contributed by atoms with Crippen LogP contribution in [0.15, 0.2) is 70.2 Å². The van der Waals surface area contributed by atoms with E-state index in [4.69, 9.17) is 20.8 Å². The largest absolute Gasteiger partial charge is 0.462 e. The summed E-state index contributed by atoms with van der Waals surface area (Å²) in [4.78, 5) is 23.9. The standard InChI is InChI=1S/C23H21ClN2O4/c1-2-29-23(28)19-14-17(9-11-20(19)24)21-12-10-18(30-21)15-25-26-22(27)13-8-16-6-4-3-5-7-16/h3-7,9-12,14-15H,2,8,13H2,1H3,(H,26,27)/b25-15-. The van der Waals surface area contributed by atoms with Gasteiger partial charge in [0.05, 0.1) is 23.4 Å². The number of esters is 1. The van der Waals surface area contributed by atoms with E-state index in [-0.39, 0.29) is 18.1 Å². The smallest absolute Gasteiger partial charge is 0.339 e. The number of benzene rings is 2. The van der Waals surface area contributed by atoms with Crippen molar-refractivity contribution in [1.82, 2.24) is 5.43 Å². The van der Waals surface area contributed by atoms with Gasteiger partial charge in [0.15, 0.2) is 0 Å². The highest BCUT2D eigenvalue weighted by atomic mass is 35.5. The van der Waals surface area contributed by atoms with E-state index in [0.29, 0.717) is 34.9 Å². The molecule has 154 valence electrons. The van der Waals surface area contributed by atoms with Gasteiger partial charge in [0, 0.05) is 12.0 Å². The van der Waals surface area contributed by atoms with E-state index < -0.39 is 5.97 Å². The molecule has 0 aliphatic rings. The average molecular weight is 425 g/mol. The molecule has 3 aromatic rings. The molecule has 1 N–H and O–H groups in total. The maximum Gasteiger partial charge on any atom is 0.339 e. The summed E-state index contributed by atoms with van der Waals surface area (Å²) in [6.45, 7) is 1.99. The van der Waals surface area contributed by atoms with Crippen LogP contribution in [0.2, 0.25) is 5.02 Å². The molecule has 7 heteroatoms. The summed E-state index contributed by atoms with van der Waals surface area (Å²) in [5.41, 5.74) is 4.53. The van der Waals surface area contributed by atoms with Crippen LogP contribution in [0, 0.1) is 0 Å². The van der Waals surface area contributed by atoms with Gasteiger partial charge in [-0.05, 0) is 49.2 Å². The van der Waals surface area contributed by atoms with E-state index >= 15 is 0 Å². The van der Waals surface area contributed by atoms with E-state index in [1.165, 1.54) is 6.21 Å². The van der Waals surface area contributed by atoms with Gasteiger partial charge in [0.1, 0.15) is 11.5 Å². The number of carbonyl (C=O) groups is 2. The maximum absolute atomic E-state index is 12.0. The van der Waals surface area contributed by atoms with Crippen LogP contribution in [-0.4, -0.2) is 24.7 Å². The van der Waals surface area contributed by atoms with Crippen molar-refractivity contribution in [2.75, 3.05) is 6.61 Å². The summed E-state index contributed by atoms with van der Waals surface area (Å²) in [6.07, 6.45) is 2.41. The number of hydrazone groups is 1. The van der Waals surface area contributed by atoms with Gasteiger partial charge in [-0.25, -0.2) is 10.2 Å². The van der Waals surface area contributed by atoms with Crippen molar-refractivity contribution in [3.63, 3.8) is 0 Å². The number of amides is 1. The van der Waals surface area contributed by atoms with Crippen molar-refractivity contribution in [3.8, 4) is 11.3 Å². The lowest BCUT2D eigenvalue weighted by atomic mass is 10.1. The Morgan fingerprint density at radius 2 is 1.93 bits per heavy atom. The molecule has 1 amide bonds. The fourth-order valence-electron chi connectivity index (χ4n) is 2.75. The van der Waals surface area contributed by atoms with E-state index in [9.17, 15) is 9.59 Å². The molecule has 1 heterocycles. The molecular weight excluding hydrogens is 404 g/mol.